The second-order valence-electron chi connectivity index (χ2n) is 2.99. The summed E-state index contributed by atoms with van der Waals surface area (Å²) in [5, 5.41) is 0. The van der Waals surface area contributed by atoms with Crippen LogP contribution in [-0.2, 0) is 14.3 Å². The molecule has 0 heterocycles. The molecule has 68 valence electrons. The molecule has 0 radical (unpaired) electrons. The van der Waals surface area contributed by atoms with Crippen LogP contribution in [0.25, 0.3) is 0 Å². The molecule has 3 nitrogen and oxygen atoms in total. The largest absolute Gasteiger partial charge is 0.267 e. The predicted octanol–water partition coefficient (Wildman–Crippen LogP) is 1.40. The van der Waals surface area contributed by atoms with Crippen LogP contribution in [0.3, 0.4) is 0 Å². The van der Waals surface area contributed by atoms with Crippen molar-refractivity contribution in [3.63, 3.8) is 0 Å². The van der Waals surface area contributed by atoms with E-state index in [0.717, 1.165) is 12.7 Å². The van der Waals surface area contributed by atoms with E-state index in [2.05, 4.69) is 0 Å². The molecule has 0 fully saturated rings. The van der Waals surface area contributed by atoms with Crippen LogP contribution in [0, 0.1) is 5.92 Å². The molecule has 0 bridgehead atoms. The van der Waals surface area contributed by atoms with Crippen molar-refractivity contribution in [2.75, 3.05) is 6.26 Å². The minimum Gasteiger partial charge on any atom is -0.267 e. The summed E-state index contributed by atoms with van der Waals surface area (Å²) >= 11 is 0. The van der Waals surface area contributed by atoms with E-state index in [1.54, 1.807) is 0 Å². The zero-order valence-electron chi connectivity index (χ0n) is 7.49. The van der Waals surface area contributed by atoms with Gasteiger partial charge in [-0.15, -0.1) is 0 Å². The first kappa shape index (κ1) is 10.9. The first-order chi connectivity index (χ1) is 4.87. The highest BCUT2D eigenvalue weighted by molar-refractivity contribution is 7.86. The fourth-order valence-corrected chi connectivity index (χ4v) is 1.68. The molecule has 0 saturated heterocycles. The molecule has 0 aliphatic heterocycles. The fourth-order valence-electron chi connectivity index (χ4n) is 0.875. The molecule has 4 heteroatoms. The summed E-state index contributed by atoms with van der Waals surface area (Å²) in [5.74, 6) is 0.245. The van der Waals surface area contributed by atoms with Gasteiger partial charge in [0.15, 0.2) is 0 Å². The van der Waals surface area contributed by atoms with Crippen LogP contribution in [0.1, 0.15) is 27.2 Å². The topological polar surface area (TPSA) is 43.4 Å². The van der Waals surface area contributed by atoms with Crippen LogP contribution in [0.4, 0.5) is 0 Å². The third-order valence-corrected chi connectivity index (χ3v) is 2.04. The molecule has 0 spiro atoms. The molecule has 0 aliphatic carbocycles. The Balaban J connectivity index is 4.10. The first-order valence-electron chi connectivity index (χ1n) is 3.75. The van der Waals surface area contributed by atoms with Crippen molar-refractivity contribution in [3.8, 4) is 0 Å². The van der Waals surface area contributed by atoms with Crippen LogP contribution in [-0.4, -0.2) is 20.8 Å². The third-order valence-electron chi connectivity index (χ3n) is 1.44. The van der Waals surface area contributed by atoms with Crippen molar-refractivity contribution in [2.24, 2.45) is 5.92 Å². The van der Waals surface area contributed by atoms with Crippen LogP contribution >= 0.6 is 0 Å². The standard InChI is InChI=1S/C7H16O3S/c1-5-7(6(2)3)10-11(4,8)9/h6-7H,5H2,1-4H3. The van der Waals surface area contributed by atoms with E-state index >= 15 is 0 Å². The maximum atomic E-state index is 10.7. The highest BCUT2D eigenvalue weighted by Crippen LogP contribution is 2.12. The summed E-state index contributed by atoms with van der Waals surface area (Å²) in [6, 6.07) is 0. The molecule has 0 aromatic heterocycles. The molecule has 0 rings (SSSR count). The predicted molar refractivity (Wildman–Crippen MR) is 44.8 cm³/mol. The third kappa shape index (κ3) is 5.21. The van der Waals surface area contributed by atoms with Gasteiger partial charge in [-0.3, -0.25) is 4.18 Å². The van der Waals surface area contributed by atoms with E-state index in [9.17, 15) is 8.42 Å². The molecule has 1 unspecified atom stereocenters. The Bertz CT molecular complexity index is 194. The first-order valence-corrected chi connectivity index (χ1v) is 5.56. The maximum Gasteiger partial charge on any atom is 0.264 e. The fraction of sp³-hybridized carbons (Fsp3) is 1.00. The Morgan fingerprint density at radius 2 is 1.82 bits per heavy atom. The summed E-state index contributed by atoms with van der Waals surface area (Å²) in [4.78, 5) is 0. The van der Waals surface area contributed by atoms with Crippen molar-refractivity contribution in [1.29, 1.82) is 0 Å². The number of rotatable bonds is 4. The summed E-state index contributed by atoms with van der Waals surface area (Å²) in [6.07, 6.45) is 1.63. The van der Waals surface area contributed by atoms with Crippen molar-refractivity contribution in [3.05, 3.63) is 0 Å². The molecule has 0 saturated carbocycles. The van der Waals surface area contributed by atoms with Crippen molar-refractivity contribution >= 4 is 10.1 Å². The van der Waals surface area contributed by atoms with E-state index in [1.807, 2.05) is 20.8 Å². The SMILES string of the molecule is CCC(OS(C)(=O)=O)C(C)C. The normalized spacial score (nSPS) is 15.4. The average Bonchev–Trinajstić information content (AvgIpc) is 1.80. The lowest BCUT2D eigenvalue weighted by Crippen LogP contribution is -2.22. The molecular weight excluding hydrogens is 164 g/mol. The molecular formula is C7H16O3S. The van der Waals surface area contributed by atoms with Gasteiger partial charge in [0.25, 0.3) is 10.1 Å². The van der Waals surface area contributed by atoms with E-state index < -0.39 is 10.1 Å². The quantitative estimate of drug-likeness (QED) is 0.614. The van der Waals surface area contributed by atoms with Crippen LogP contribution < -0.4 is 0 Å². The minimum absolute atomic E-state index is 0.176. The average molecular weight is 180 g/mol. The van der Waals surface area contributed by atoms with Gasteiger partial charge in [0.2, 0.25) is 0 Å². The summed E-state index contributed by atoms with van der Waals surface area (Å²) < 4.78 is 26.2. The Labute approximate surface area is 68.9 Å². The van der Waals surface area contributed by atoms with Gasteiger partial charge < -0.3 is 0 Å². The second kappa shape index (κ2) is 4.07. The van der Waals surface area contributed by atoms with Crippen LogP contribution in [0.2, 0.25) is 0 Å². The van der Waals surface area contributed by atoms with Crippen molar-refractivity contribution in [1.82, 2.24) is 0 Å². The van der Waals surface area contributed by atoms with Gasteiger partial charge in [0, 0.05) is 0 Å². The minimum atomic E-state index is -3.28. The Kier molecular flexibility index (Phi) is 4.03. The van der Waals surface area contributed by atoms with Gasteiger partial charge in [-0.05, 0) is 12.3 Å². The molecule has 1 atom stereocenters. The lowest BCUT2D eigenvalue weighted by molar-refractivity contribution is 0.156. The van der Waals surface area contributed by atoms with Gasteiger partial charge in [-0.1, -0.05) is 20.8 Å². The molecule has 0 N–H and O–H groups in total. The molecule has 11 heavy (non-hydrogen) atoms. The highest BCUT2D eigenvalue weighted by Gasteiger charge is 2.16. The summed E-state index contributed by atoms with van der Waals surface area (Å²) in [7, 11) is -3.28. The summed E-state index contributed by atoms with van der Waals surface area (Å²) in [5.41, 5.74) is 0. The zero-order chi connectivity index (χ0) is 9.07. The second-order valence-corrected chi connectivity index (χ2v) is 4.59. The lowest BCUT2D eigenvalue weighted by atomic mass is 10.1. The number of hydrogen-bond donors (Lipinski definition) is 0. The molecule has 0 amide bonds. The van der Waals surface area contributed by atoms with Crippen LogP contribution in [0.15, 0.2) is 0 Å². The van der Waals surface area contributed by atoms with Gasteiger partial charge in [-0.2, -0.15) is 8.42 Å². The Morgan fingerprint density at radius 3 is 1.91 bits per heavy atom. The zero-order valence-corrected chi connectivity index (χ0v) is 8.31. The van der Waals surface area contributed by atoms with Crippen LogP contribution in [0.5, 0.6) is 0 Å². The van der Waals surface area contributed by atoms with Gasteiger partial charge in [0.05, 0.1) is 12.4 Å². The Hall–Kier alpha value is -0.0900. The maximum absolute atomic E-state index is 10.7. The summed E-state index contributed by atoms with van der Waals surface area (Å²) in [6.45, 7) is 5.80. The van der Waals surface area contributed by atoms with Gasteiger partial charge in [-0.25, -0.2) is 0 Å². The molecule has 0 aromatic rings. The van der Waals surface area contributed by atoms with E-state index in [0.29, 0.717) is 0 Å². The number of hydrogen-bond acceptors (Lipinski definition) is 3. The molecule has 0 aromatic carbocycles. The van der Waals surface area contributed by atoms with Gasteiger partial charge >= 0.3 is 0 Å². The monoisotopic (exact) mass is 180 g/mol. The highest BCUT2D eigenvalue weighted by atomic mass is 32.2. The van der Waals surface area contributed by atoms with Crippen molar-refractivity contribution in [2.45, 2.75) is 33.3 Å². The smallest absolute Gasteiger partial charge is 0.264 e. The van der Waals surface area contributed by atoms with Gasteiger partial charge in [0.1, 0.15) is 0 Å². The van der Waals surface area contributed by atoms with E-state index in [1.165, 1.54) is 0 Å². The van der Waals surface area contributed by atoms with E-state index in [4.69, 9.17) is 4.18 Å². The van der Waals surface area contributed by atoms with E-state index in [-0.39, 0.29) is 12.0 Å². The Morgan fingerprint density at radius 1 is 1.36 bits per heavy atom. The molecule has 0 aliphatic rings. The van der Waals surface area contributed by atoms with Crippen molar-refractivity contribution < 1.29 is 12.6 Å². The lowest BCUT2D eigenvalue weighted by Gasteiger charge is -2.17.